The molecule has 7 heteroatoms. The SMILES string of the molecule is CCNC(=O)CNC(=O)C1CCN(C(=O)c2cccs2)CC1. The molecule has 6 nitrogen and oxygen atoms in total. The molecule has 1 saturated heterocycles. The summed E-state index contributed by atoms with van der Waals surface area (Å²) < 4.78 is 0. The van der Waals surface area contributed by atoms with Crippen molar-refractivity contribution >= 4 is 29.1 Å². The van der Waals surface area contributed by atoms with Crippen LogP contribution in [0.1, 0.15) is 29.4 Å². The highest BCUT2D eigenvalue weighted by atomic mass is 32.1. The first-order valence-corrected chi connectivity index (χ1v) is 8.37. The van der Waals surface area contributed by atoms with Gasteiger partial charge in [0.25, 0.3) is 5.91 Å². The lowest BCUT2D eigenvalue weighted by molar-refractivity contribution is -0.129. The number of hydrogen-bond acceptors (Lipinski definition) is 4. The molecule has 0 bridgehead atoms. The van der Waals surface area contributed by atoms with Crippen LogP contribution in [0.3, 0.4) is 0 Å². The van der Waals surface area contributed by atoms with Gasteiger partial charge >= 0.3 is 0 Å². The molecule has 0 saturated carbocycles. The Morgan fingerprint density at radius 1 is 1.27 bits per heavy atom. The number of nitrogens with zero attached hydrogens (tertiary/aromatic N) is 1. The number of rotatable bonds is 5. The normalized spacial score (nSPS) is 15.4. The van der Waals surface area contributed by atoms with Crippen LogP contribution in [0.5, 0.6) is 0 Å². The van der Waals surface area contributed by atoms with Gasteiger partial charge in [0.1, 0.15) is 0 Å². The standard InChI is InChI=1S/C15H21N3O3S/c1-2-16-13(19)10-17-14(20)11-5-7-18(8-6-11)15(21)12-4-3-9-22-12/h3-4,9,11H,2,5-8,10H2,1H3,(H,16,19)(H,17,20). The lowest BCUT2D eigenvalue weighted by Gasteiger charge is -2.31. The summed E-state index contributed by atoms with van der Waals surface area (Å²) in [5.41, 5.74) is 0. The number of likely N-dealkylation sites (tertiary alicyclic amines) is 1. The third kappa shape index (κ3) is 4.30. The van der Waals surface area contributed by atoms with Gasteiger partial charge in [-0.1, -0.05) is 6.07 Å². The molecule has 120 valence electrons. The summed E-state index contributed by atoms with van der Waals surface area (Å²) in [7, 11) is 0. The summed E-state index contributed by atoms with van der Waals surface area (Å²) in [5.74, 6) is -0.367. The van der Waals surface area contributed by atoms with Crippen LogP contribution in [0, 0.1) is 5.92 Å². The third-order valence-corrected chi connectivity index (χ3v) is 4.54. The first-order valence-electron chi connectivity index (χ1n) is 7.49. The van der Waals surface area contributed by atoms with Gasteiger partial charge in [0.2, 0.25) is 11.8 Å². The first-order chi connectivity index (χ1) is 10.6. The van der Waals surface area contributed by atoms with Gasteiger partial charge in [-0.25, -0.2) is 0 Å². The van der Waals surface area contributed by atoms with Crippen molar-refractivity contribution in [3.05, 3.63) is 22.4 Å². The molecule has 1 aromatic heterocycles. The summed E-state index contributed by atoms with van der Waals surface area (Å²) in [6.07, 6.45) is 1.27. The van der Waals surface area contributed by atoms with E-state index >= 15 is 0 Å². The van der Waals surface area contributed by atoms with Crippen molar-refractivity contribution in [2.24, 2.45) is 5.92 Å². The topological polar surface area (TPSA) is 78.5 Å². The van der Waals surface area contributed by atoms with E-state index in [9.17, 15) is 14.4 Å². The van der Waals surface area contributed by atoms with E-state index < -0.39 is 0 Å². The zero-order valence-corrected chi connectivity index (χ0v) is 13.4. The van der Waals surface area contributed by atoms with E-state index in [1.54, 1.807) is 4.90 Å². The van der Waals surface area contributed by atoms with Gasteiger partial charge in [0, 0.05) is 25.6 Å². The Bertz CT molecular complexity index is 522. The van der Waals surface area contributed by atoms with Crippen LogP contribution in [0.15, 0.2) is 17.5 Å². The van der Waals surface area contributed by atoms with E-state index in [1.807, 2.05) is 24.4 Å². The van der Waals surface area contributed by atoms with Gasteiger partial charge < -0.3 is 15.5 Å². The van der Waals surface area contributed by atoms with Gasteiger partial charge in [-0.15, -0.1) is 11.3 Å². The average Bonchev–Trinajstić information content (AvgIpc) is 3.07. The van der Waals surface area contributed by atoms with E-state index in [0.717, 1.165) is 4.88 Å². The maximum atomic E-state index is 12.2. The maximum Gasteiger partial charge on any atom is 0.263 e. The van der Waals surface area contributed by atoms with Crippen molar-refractivity contribution in [1.82, 2.24) is 15.5 Å². The molecule has 2 heterocycles. The van der Waals surface area contributed by atoms with E-state index in [2.05, 4.69) is 10.6 Å². The first kappa shape index (κ1) is 16.5. The lowest BCUT2D eigenvalue weighted by Crippen LogP contribution is -2.45. The second kappa shape index (κ2) is 7.93. The zero-order valence-electron chi connectivity index (χ0n) is 12.6. The number of piperidine rings is 1. The fourth-order valence-corrected chi connectivity index (χ4v) is 3.16. The Kier molecular flexibility index (Phi) is 5.94. The van der Waals surface area contributed by atoms with Crippen molar-refractivity contribution in [2.45, 2.75) is 19.8 Å². The van der Waals surface area contributed by atoms with Crippen molar-refractivity contribution < 1.29 is 14.4 Å². The van der Waals surface area contributed by atoms with Gasteiger partial charge in [-0.05, 0) is 31.2 Å². The van der Waals surface area contributed by atoms with E-state index in [-0.39, 0.29) is 30.2 Å². The van der Waals surface area contributed by atoms with Crippen molar-refractivity contribution in [2.75, 3.05) is 26.2 Å². The summed E-state index contributed by atoms with van der Waals surface area (Å²) in [6.45, 7) is 3.56. The lowest BCUT2D eigenvalue weighted by atomic mass is 9.96. The highest BCUT2D eigenvalue weighted by Crippen LogP contribution is 2.20. The Morgan fingerprint density at radius 2 is 2.00 bits per heavy atom. The Hall–Kier alpha value is -1.89. The number of carbonyl (C=O) groups is 3. The third-order valence-electron chi connectivity index (χ3n) is 3.68. The molecule has 2 rings (SSSR count). The number of carbonyl (C=O) groups excluding carboxylic acids is 3. The molecule has 0 atom stereocenters. The van der Waals surface area contributed by atoms with Crippen molar-refractivity contribution in [1.29, 1.82) is 0 Å². The van der Waals surface area contributed by atoms with Crippen LogP contribution < -0.4 is 10.6 Å². The molecule has 0 unspecified atom stereocenters. The van der Waals surface area contributed by atoms with Gasteiger partial charge in [-0.3, -0.25) is 14.4 Å². The minimum atomic E-state index is -0.179. The maximum absolute atomic E-state index is 12.2. The number of amides is 3. The predicted molar refractivity (Wildman–Crippen MR) is 84.6 cm³/mol. The van der Waals surface area contributed by atoms with E-state index in [1.165, 1.54) is 11.3 Å². The molecule has 22 heavy (non-hydrogen) atoms. The number of nitrogens with one attached hydrogen (secondary N) is 2. The van der Waals surface area contributed by atoms with Crippen molar-refractivity contribution in [3.63, 3.8) is 0 Å². The predicted octanol–water partition coefficient (Wildman–Crippen LogP) is 0.853. The number of hydrogen-bond donors (Lipinski definition) is 2. The van der Waals surface area contributed by atoms with Gasteiger partial charge in [-0.2, -0.15) is 0 Å². The van der Waals surface area contributed by atoms with E-state index in [0.29, 0.717) is 32.5 Å². The van der Waals surface area contributed by atoms with Crippen molar-refractivity contribution in [3.8, 4) is 0 Å². The molecule has 0 aliphatic carbocycles. The molecule has 0 aromatic carbocycles. The Balaban J connectivity index is 1.76. The minimum Gasteiger partial charge on any atom is -0.355 e. The monoisotopic (exact) mass is 323 g/mol. The molecule has 1 aliphatic rings. The molecule has 3 amide bonds. The largest absolute Gasteiger partial charge is 0.355 e. The number of likely N-dealkylation sites (N-methyl/N-ethyl adjacent to an activating group) is 1. The summed E-state index contributed by atoms with van der Waals surface area (Å²) >= 11 is 1.43. The summed E-state index contributed by atoms with van der Waals surface area (Å²) in [4.78, 5) is 38.1. The smallest absolute Gasteiger partial charge is 0.263 e. The summed E-state index contributed by atoms with van der Waals surface area (Å²) in [5, 5.41) is 7.18. The second-order valence-corrected chi connectivity index (χ2v) is 6.16. The van der Waals surface area contributed by atoms with Crippen LogP contribution in [-0.2, 0) is 9.59 Å². The molecule has 2 N–H and O–H groups in total. The van der Waals surface area contributed by atoms with Crippen LogP contribution >= 0.6 is 11.3 Å². The fraction of sp³-hybridized carbons (Fsp3) is 0.533. The molecular weight excluding hydrogens is 302 g/mol. The minimum absolute atomic E-state index is 0.0149. The van der Waals surface area contributed by atoms with Crippen LogP contribution in [0.25, 0.3) is 0 Å². The molecule has 1 fully saturated rings. The Labute approximate surface area is 133 Å². The second-order valence-electron chi connectivity index (χ2n) is 5.22. The van der Waals surface area contributed by atoms with Crippen LogP contribution in [-0.4, -0.2) is 48.8 Å². The quantitative estimate of drug-likeness (QED) is 0.843. The fourth-order valence-electron chi connectivity index (χ4n) is 2.47. The highest BCUT2D eigenvalue weighted by molar-refractivity contribution is 7.12. The highest BCUT2D eigenvalue weighted by Gasteiger charge is 2.28. The summed E-state index contributed by atoms with van der Waals surface area (Å²) in [6, 6.07) is 3.68. The molecule has 0 radical (unpaired) electrons. The molecule has 1 aliphatic heterocycles. The molecule has 1 aromatic rings. The Morgan fingerprint density at radius 3 is 2.59 bits per heavy atom. The molecule has 0 spiro atoms. The van der Waals surface area contributed by atoms with Gasteiger partial charge in [0.05, 0.1) is 11.4 Å². The molecular formula is C15H21N3O3S. The van der Waals surface area contributed by atoms with Crippen LogP contribution in [0.2, 0.25) is 0 Å². The number of thiophene rings is 1. The van der Waals surface area contributed by atoms with Gasteiger partial charge in [0.15, 0.2) is 0 Å². The average molecular weight is 323 g/mol. The van der Waals surface area contributed by atoms with E-state index in [4.69, 9.17) is 0 Å². The van der Waals surface area contributed by atoms with Crippen LogP contribution in [0.4, 0.5) is 0 Å². The zero-order chi connectivity index (χ0) is 15.9.